The minimum absolute atomic E-state index is 0.0798. The topological polar surface area (TPSA) is 81.6 Å². The lowest BCUT2D eigenvalue weighted by atomic mass is 10.1. The zero-order valence-electron chi connectivity index (χ0n) is 16.0. The number of aromatic nitrogens is 2. The number of methoxy groups -OCH3 is 1. The summed E-state index contributed by atoms with van der Waals surface area (Å²) in [5, 5.41) is 0. The first-order valence-electron chi connectivity index (χ1n) is 8.96. The van der Waals surface area contributed by atoms with Crippen molar-refractivity contribution in [3.8, 4) is 22.9 Å². The van der Waals surface area contributed by atoms with E-state index >= 15 is 0 Å². The van der Waals surface area contributed by atoms with Gasteiger partial charge >= 0.3 is 12.4 Å². The van der Waals surface area contributed by atoms with Crippen molar-refractivity contribution in [1.29, 1.82) is 0 Å². The molecule has 0 aliphatic carbocycles. The summed E-state index contributed by atoms with van der Waals surface area (Å²) in [5.74, 6) is -2.25. The van der Waals surface area contributed by atoms with Gasteiger partial charge < -0.3 is 14.4 Å². The minimum Gasteiger partial charge on any atom is -0.467 e. The van der Waals surface area contributed by atoms with E-state index in [1.807, 2.05) is 12.1 Å². The van der Waals surface area contributed by atoms with Crippen LogP contribution in [0.25, 0.3) is 11.1 Å². The van der Waals surface area contributed by atoms with Crippen molar-refractivity contribution < 1.29 is 32.2 Å². The van der Waals surface area contributed by atoms with Crippen molar-refractivity contribution in [2.75, 3.05) is 12.0 Å². The van der Waals surface area contributed by atoms with Gasteiger partial charge in [-0.1, -0.05) is 24.3 Å². The molecule has 0 radical (unpaired) electrons. The lowest BCUT2D eigenvalue weighted by Crippen LogP contribution is -2.29. The first-order valence-corrected chi connectivity index (χ1v) is 8.96. The fraction of sp³-hybridized carbons (Fsp3) is 0.143. The molecule has 7 nitrogen and oxygen atoms in total. The number of nitrogens with zero attached hydrogens (tertiary/aromatic N) is 3. The van der Waals surface area contributed by atoms with Gasteiger partial charge in [0.2, 0.25) is 0 Å². The number of ketones is 1. The van der Waals surface area contributed by atoms with Crippen molar-refractivity contribution in [3.05, 3.63) is 66.0 Å². The SMILES string of the molecule is COc1ncc(-c2ccc(CN3C(=O)C(=O)c4cc(OC(F)(F)F)ccc43)cc2)cn1. The van der Waals surface area contributed by atoms with E-state index in [-0.39, 0.29) is 23.8 Å². The van der Waals surface area contributed by atoms with Crippen LogP contribution in [0.1, 0.15) is 15.9 Å². The Labute approximate surface area is 174 Å². The molecule has 0 bridgehead atoms. The molecule has 1 aromatic heterocycles. The number of hydrogen-bond donors (Lipinski definition) is 0. The number of rotatable bonds is 5. The molecule has 1 aliphatic rings. The van der Waals surface area contributed by atoms with Crippen molar-refractivity contribution in [2.24, 2.45) is 0 Å². The quantitative estimate of drug-likeness (QED) is 0.575. The first kappa shape index (κ1) is 20.3. The van der Waals surface area contributed by atoms with Gasteiger partial charge in [-0.2, -0.15) is 0 Å². The second-order valence-corrected chi connectivity index (χ2v) is 6.60. The summed E-state index contributed by atoms with van der Waals surface area (Å²) < 4.78 is 46.0. The Bertz CT molecular complexity index is 1150. The zero-order valence-corrected chi connectivity index (χ0v) is 16.0. The fourth-order valence-corrected chi connectivity index (χ4v) is 3.19. The van der Waals surface area contributed by atoms with E-state index in [4.69, 9.17) is 4.74 Å². The van der Waals surface area contributed by atoms with Gasteiger partial charge in [-0.05, 0) is 29.3 Å². The highest BCUT2D eigenvalue weighted by Crippen LogP contribution is 2.35. The van der Waals surface area contributed by atoms with E-state index in [0.717, 1.165) is 28.8 Å². The molecule has 4 rings (SSSR count). The van der Waals surface area contributed by atoms with Crippen LogP contribution in [-0.4, -0.2) is 35.1 Å². The predicted molar refractivity (Wildman–Crippen MR) is 103 cm³/mol. The number of amides is 1. The van der Waals surface area contributed by atoms with Crippen LogP contribution in [0.2, 0.25) is 0 Å². The van der Waals surface area contributed by atoms with E-state index in [0.29, 0.717) is 0 Å². The number of anilines is 1. The van der Waals surface area contributed by atoms with Gasteiger partial charge in [-0.15, -0.1) is 13.2 Å². The molecule has 1 aliphatic heterocycles. The third-order valence-electron chi connectivity index (χ3n) is 4.62. The molecule has 2 heterocycles. The summed E-state index contributed by atoms with van der Waals surface area (Å²) in [6, 6.07) is 10.7. The third kappa shape index (κ3) is 4.18. The number of alkyl halides is 3. The maximum atomic E-state index is 12.4. The van der Waals surface area contributed by atoms with E-state index in [9.17, 15) is 22.8 Å². The molecule has 0 saturated heterocycles. The molecule has 158 valence electrons. The molecular weight excluding hydrogens is 415 g/mol. The molecule has 3 aromatic rings. The standard InChI is InChI=1S/C21H14F3N3O4/c1-30-20-25-9-14(10-26-20)13-4-2-12(3-5-13)11-27-17-7-6-15(31-21(22,23)24)8-16(17)18(28)19(27)29/h2-10H,11H2,1H3. The molecular formula is C21H14F3N3O4. The van der Waals surface area contributed by atoms with E-state index in [1.165, 1.54) is 18.1 Å². The van der Waals surface area contributed by atoms with E-state index in [2.05, 4.69) is 14.7 Å². The van der Waals surface area contributed by atoms with Crippen molar-refractivity contribution in [1.82, 2.24) is 9.97 Å². The van der Waals surface area contributed by atoms with Gasteiger partial charge in [-0.25, -0.2) is 9.97 Å². The van der Waals surface area contributed by atoms with Crippen molar-refractivity contribution in [2.45, 2.75) is 12.9 Å². The van der Waals surface area contributed by atoms with E-state index < -0.39 is 23.8 Å². The first-order chi connectivity index (χ1) is 14.7. The monoisotopic (exact) mass is 429 g/mol. The molecule has 10 heteroatoms. The highest BCUT2D eigenvalue weighted by atomic mass is 19.4. The fourth-order valence-electron chi connectivity index (χ4n) is 3.19. The van der Waals surface area contributed by atoms with Gasteiger partial charge in [0.1, 0.15) is 5.75 Å². The van der Waals surface area contributed by atoms with Crippen LogP contribution >= 0.6 is 0 Å². The molecule has 31 heavy (non-hydrogen) atoms. The summed E-state index contributed by atoms with van der Waals surface area (Å²) in [5.41, 5.74) is 2.44. The van der Waals surface area contributed by atoms with Crippen LogP contribution in [0.3, 0.4) is 0 Å². The number of ether oxygens (including phenoxy) is 2. The predicted octanol–water partition coefficient (Wildman–Crippen LogP) is 3.78. The van der Waals surface area contributed by atoms with Gasteiger partial charge in [-0.3, -0.25) is 9.59 Å². The van der Waals surface area contributed by atoms with E-state index in [1.54, 1.807) is 24.5 Å². The Morgan fingerprint density at radius 1 is 0.968 bits per heavy atom. The molecule has 1 amide bonds. The smallest absolute Gasteiger partial charge is 0.467 e. The summed E-state index contributed by atoms with van der Waals surface area (Å²) in [4.78, 5) is 34.0. The lowest BCUT2D eigenvalue weighted by molar-refractivity contribution is -0.274. The Balaban J connectivity index is 1.54. The molecule has 0 saturated carbocycles. The number of halogens is 3. The zero-order chi connectivity index (χ0) is 22.2. The second kappa shape index (κ2) is 7.71. The second-order valence-electron chi connectivity index (χ2n) is 6.60. The lowest BCUT2D eigenvalue weighted by Gasteiger charge is -2.17. The number of Topliss-reactive ketones (excluding diaryl/α,β-unsaturated/α-hetero) is 1. The minimum atomic E-state index is -4.89. The van der Waals surface area contributed by atoms with Crippen molar-refractivity contribution in [3.63, 3.8) is 0 Å². The molecule has 0 atom stereocenters. The summed E-state index contributed by atoms with van der Waals surface area (Å²) in [6.07, 6.45) is -1.67. The van der Waals surface area contributed by atoms with Crippen LogP contribution in [0.15, 0.2) is 54.9 Å². The van der Waals surface area contributed by atoms with Crippen LogP contribution < -0.4 is 14.4 Å². The number of hydrogen-bond acceptors (Lipinski definition) is 6. The van der Waals surface area contributed by atoms with Gasteiger partial charge in [0.25, 0.3) is 11.7 Å². The number of benzene rings is 2. The summed E-state index contributed by atoms with van der Waals surface area (Å²) in [6.45, 7) is 0.0798. The van der Waals surface area contributed by atoms with Gasteiger partial charge in [0.15, 0.2) is 0 Å². The molecule has 0 fully saturated rings. The number of carbonyl (C=O) groups excluding carboxylic acids is 2. The molecule has 0 unspecified atom stereocenters. The average molecular weight is 429 g/mol. The maximum absolute atomic E-state index is 12.4. The number of carbonyl (C=O) groups is 2. The Hall–Kier alpha value is -3.95. The largest absolute Gasteiger partial charge is 0.573 e. The average Bonchev–Trinajstić information content (AvgIpc) is 2.98. The van der Waals surface area contributed by atoms with Crippen LogP contribution in [0.5, 0.6) is 11.8 Å². The van der Waals surface area contributed by atoms with Crippen LogP contribution in [-0.2, 0) is 11.3 Å². The van der Waals surface area contributed by atoms with Crippen LogP contribution in [0, 0.1) is 0 Å². The van der Waals surface area contributed by atoms with Gasteiger partial charge in [0.05, 0.1) is 24.9 Å². The molecule has 0 spiro atoms. The Kier molecular flexibility index (Phi) is 5.05. The molecule has 0 N–H and O–H groups in total. The van der Waals surface area contributed by atoms with Crippen molar-refractivity contribution >= 4 is 17.4 Å². The third-order valence-corrected chi connectivity index (χ3v) is 4.62. The summed E-state index contributed by atoms with van der Waals surface area (Å²) in [7, 11) is 1.47. The maximum Gasteiger partial charge on any atom is 0.573 e. The van der Waals surface area contributed by atoms with Gasteiger partial charge in [0, 0.05) is 18.0 Å². The highest BCUT2D eigenvalue weighted by Gasteiger charge is 2.37. The highest BCUT2D eigenvalue weighted by molar-refractivity contribution is 6.52. The normalized spacial score (nSPS) is 13.4. The van der Waals surface area contributed by atoms with Crippen LogP contribution in [0.4, 0.5) is 18.9 Å². The number of fused-ring (bicyclic) bond motifs is 1. The molecule has 2 aromatic carbocycles. The Morgan fingerprint density at radius 3 is 2.26 bits per heavy atom. The Morgan fingerprint density at radius 2 is 1.65 bits per heavy atom. The summed E-state index contributed by atoms with van der Waals surface area (Å²) >= 11 is 0.